The molecule has 15 heavy (non-hydrogen) atoms. The Morgan fingerprint density at radius 1 is 1.07 bits per heavy atom. The highest BCUT2D eigenvalue weighted by molar-refractivity contribution is 5.85. The number of aliphatic hydroxyl groups is 2. The normalized spacial score (nSPS) is 13.3. The summed E-state index contributed by atoms with van der Waals surface area (Å²) < 4.78 is 0. The second-order valence-electron chi connectivity index (χ2n) is 2.86. The Labute approximate surface area is 96.3 Å². The molecule has 1 aromatic rings. The molecule has 6 N–H and O–H groups in total. The standard InChI is InChI=1S/C9H14N2O2.CH4.ClH/c10-5-8(12)6-1-3-7(4-2-6)9(11)13;;/h1-4,8-9,12-13H,5,10-11H2;1H4;1H. The average molecular weight is 235 g/mol. The third-order valence-electron chi connectivity index (χ3n) is 1.89. The second kappa shape index (κ2) is 7.62. The zero-order valence-corrected chi connectivity index (χ0v) is 8.45. The first-order valence-electron chi connectivity index (χ1n) is 4.06. The Morgan fingerprint density at radius 2 is 1.47 bits per heavy atom. The third-order valence-corrected chi connectivity index (χ3v) is 1.89. The van der Waals surface area contributed by atoms with E-state index in [9.17, 15) is 5.11 Å². The van der Waals surface area contributed by atoms with Crippen LogP contribution in [-0.2, 0) is 0 Å². The number of hydrogen-bond acceptors (Lipinski definition) is 4. The molecule has 0 aliphatic rings. The van der Waals surface area contributed by atoms with Crippen LogP contribution in [0.15, 0.2) is 24.3 Å². The molecule has 0 spiro atoms. The van der Waals surface area contributed by atoms with Crippen molar-refractivity contribution in [1.29, 1.82) is 0 Å². The lowest BCUT2D eigenvalue weighted by Crippen LogP contribution is -2.12. The van der Waals surface area contributed by atoms with Crippen LogP contribution in [0.5, 0.6) is 0 Å². The van der Waals surface area contributed by atoms with E-state index in [1.807, 2.05) is 0 Å². The summed E-state index contributed by atoms with van der Waals surface area (Å²) in [7, 11) is 0. The summed E-state index contributed by atoms with van der Waals surface area (Å²) in [5.41, 5.74) is 11.9. The van der Waals surface area contributed by atoms with Crippen LogP contribution < -0.4 is 11.5 Å². The van der Waals surface area contributed by atoms with Gasteiger partial charge in [0.05, 0.1) is 6.10 Å². The first-order valence-corrected chi connectivity index (χ1v) is 4.06. The molecule has 5 heteroatoms. The highest BCUT2D eigenvalue weighted by Crippen LogP contribution is 2.14. The zero-order chi connectivity index (χ0) is 9.84. The molecule has 0 fully saturated rings. The lowest BCUT2D eigenvalue weighted by Gasteiger charge is -2.09. The van der Waals surface area contributed by atoms with Crippen molar-refractivity contribution in [2.24, 2.45) is 11.5 Å². The largest absolute Gasteiger partial charge is 0.387 e. The molecule has 0 heterocycles. The van der Waals surface area contributed by atoms with E-state index in [1.165, 1.54) is 0 Å². The summed E-state index contributed by atoms with van der Waals surface area (Å²) in [5, 5.41) is 18.3. The highest BCUT2D eigenvalue weighted by atomic mass is 35.5. The first-order chi connectivity index (χ1) is 6.15. The number of aliphatic hydroxyl groups excluding tert-OH is 2. The van der Waals surface area contributed by atoms with E-state index in [0.717, 1.165) is 5.56 Å². The lowest BCUT2D eigenvalue weighted by atomic mass is 10.1. The van der Waals surface area contributed by atoms with E-state index < -0.39 is 12.3 Å². The van der Waals surface area contributed by atoms with Crippen LogP contribution in [0.4, 0.5) is 0 Å². The Hall–Kier alpha value is -0.650. The molecule has 4 nitrogen and oxygen atoms in total. The molecule has 0 amide bonds. The molecule has 0 aromatic heterocycles. The van der Waals surface area contributed by atoms with Crippen molar-refractivity contribution >= 4 is 12.4 Å². The number of halogens is 1. The maximum absolute atomic E-state index is 9.34. The lowest BCUT2D eigenvalue weighted by molar-refractivity contribution is 0.182. The van der Waals surface area contributed by atoms with Gasteiger partial charge in [0.2, 0.25) is 0 Å². The highest BCUT2D eigenvalue weighted by Gasteiger charge is 2.05. The minimum atomic E-state index is -0.968. The molecule has 1 aromatic carbocycles. The summed E-state index contributed by atoms with van der Waals surface area (Å²) in [6, 6.07) is 6.73. The fourth-order valence-electron chi connectivity index (χ4n) is 1.05. The molecule has 88 valence electrons. The van der Waals surface area contributed by atoms with Crippen molar-refractivity contribution in [3.8, 4) is 0 Å². The Kier molecular flexibility index (Phi) is 8.51. The number of benzene rings is 1. The van der Waals surface area contributed by atoms with Gasteiger partial charge in [0, 0.05) is 6.54 Å². The molecule has 0 aliphatic heterocycles. The smallest absolute Gasteiger partial charge is 0.128 e. The molecular weight excluding hydrogens is 216 g/mol. The van der Waals surface area contributed by atoms with Gasteiger partial charge in [-0.15, -0.1) is 12.4 Å². The van der Waals surface area contributed by atoms with Crippen LogP contribution >= 0.6 is 12.4 Å². The minimum absolute atomic E-state index is 0. The van der Waals surface area contributed by atoms with Gasteiger partial charge in [-0.1, -0.05) is 31.7 Å². The predicted molar refractivity (Wildman–Crippen MR) is 63.6 cm³/mol. The van der Waals surface area contributed by atoms with Gasteiger partial charge >= 0.3 is 0 Å². The van der Waals surface area contributed by atoms with E-state index in [4.69, 9.17) is 16.6 Å². The predicted octanol–water partition coefficient (Wildman–Crippen LogP) is 0.686. The van der Waals surface area contributed by atoms with Gasteiger partial charge in [0.15, 0.2) is 0 Å². The molecule has 0 saturated heterocycles. The molecule has 0 bridgehead atoms. The van der Waals surface area contributed by atoms with Gasteiger partial charge < -0.3 is 21.7 Å². The van der Waals surface area contributed by atoms with Gasteiger partial charge in [-0.25, -0.2) is 0 Å². The summed E-state index contributed by atoms with van der Waals surface area (Å²) in [6.45, 7) is 0.185. The van der Waals surface area contributed by atoms with Crippen LogP contribution in [0.3, 0.4) is 0 Å². The Balaban J connectivity index is 0. The van der Waals surface area contributed by atoms with Crippen LogP contribution in [0, 0.1) is 0 Å². The van der Waals surface area contributed by atoms with Gasteiger partial charge in [-0.3, -0.25) is 0 Å². The number of hydrogen-bond donors (Lipinski definition) is 4. The fraction of sp³-hybridized carbons (Fsp3) is 0.400. The molecule has 2 unspecified atom stereocenters. The van der Waals surface area contributed by atoms with Crippen molar-refractivity contribution in [3.05, 3.63) is 35.4 Å². The molecule has 0 saturated carbocycles. The first kappa shape index (κ1) is 16.8. The maximum atomic E-state index is 9.34. The average Bonchev–Trinajstić information content (AvgIpc) is 2.17. The van der Waals surface area contributed by atoms with Crippen LogP contribution in [0.1, 0.15) is 30.9 Å². The summed E-state index contributed by atoms with van der Waals surface area (Å²) in [4.78, 5) is 0. The second-order valence-corrected chi connectivity index (χ2v) is 2.86. The molecule has 0 aliphatic carbocycles. The van der Waals surface area contributed by atoms with Crippen molar-refractivity contribution in [2.45, 2.75) is 19.8 Å². The van der Waals surface area contributed by atoms with Crippen molar-refractivity contribution in [3.63, 3.8) is 0 Å². The topological polar surface area (TPSA) is 92.5 Å². The molecule has 0 radical (unpaired) electrons. The van der Waals surface area contributed by atoms with Crippen LogP contribution in [0.25, 0.3) is 0 Å². The third kappa shape index (κ3) is 4.59. The van der Waals surface area contributed by atoms with E-state index in [-0.39, 0.29) is 26.4 Å². The molecular formula is C10H19ClN2O2. The number of rotatable bonds is 3. The van der Waals surface area contributed by atoms with Gasteiger partial charge in [0.25, 0.3) is 0 Å². The van der Waals surface area contributed by atoms with E-state index >= 15 is 0 Å². The van der Waals surface area contributed by atoms with Crippen molar-refractivity contribution in [2.75, 3.05) is 6.54 Å². The zero-order valence-electron chi connectivity index (χ0n) is 7.63. The summed E-state index contributed by atoms with van der Waals surface area (Å²) in [6.07, 6.45) is -1.62. The maximum Gasteiger partial charge on any atom is 0.128 e. The monoisotopic (exact) mass is 234 g/mol. The van der Waals surface area contributed by atoms with E-state index in [0.29, 0.717) is 5.56 Å². The van der Waals surface area contributed by atoms with Gasteiger partial charge in [-0.05, 0) is 11.1 Å². The summed E-state index contributed by atoms with van der Waals surface area (Å²) in [5.74, 6) is 0. The van der Waals surface area contributed by atoms with E-state index in [2.05, 4.69) is 0 Å². The Morgan fingerprint density at radius 3 is 1.80 bits per heavy atom. The fourth-order valence-corrected chi connectivity index (χ4v) is 1.05. The summed E-state index contributed by atoms with van der Waals surface area (Å²) >= 11 is 0. The van der Waals surface area contributed by atoms with Gasteiger partial charge in [0.1, 0.15) is 6.23 Å². The van der Waals surface area contributed by atoms with Crippen molar-refractivity contribution < 1.29 is 10.2 Å². The number of nitrogens with two attached hydrogens (primary N) is 2. The van der Waals surface area contributed by atoms with Crippen molar-refractivity contribution in [1.82, 2.24) is 0 Å². The molecule has 1 rings (SSSR count). The SMILES string of the molecule is C.Cl.NCC(O)c1ccc(C(N)O)cc1. The minimum Gasteiger partial charge on any atom is -0.387 e. The van der Waals surface area contributed by atoms with Gasteiger partial charge in [-0.2, -0.15) is 0 Å². The van der Waals surface area contributed by atoms with Crippen LogP contribution in [-0.4, -0.2) is 16.8 Å². The Bertz CT molecular complexity index is 265. The molecule has 2 atom stereocenters. The van der Waals surface area contributed by atoms with E-state index in [1.54, 1.807) is 24.3 Å². The quantitative estimate of drug-likeness (QED) is 0.579. The van der Waals surface area contributed by atoms with Crippen LogP contribution in [0.2, 0.25) is 0 Å².